The van der Waals surface area contributed by atoms with Crippen molar-refractivity contribution in [2.75, 3.05) is 13.2 Å². The van der Waals surface area contributed by atoms with E-state index >= 15 is 0 Å². The molecule has 1 aliphatic heterocycles. The van der Waals surface area contributed by atoms with E-state index in [0.717, 1.165) is 18.7 Å². The molecule has 3 heteroatoms. The first-order valence-corrected chi connectivity index (χ1v) is 6.23. The van der Waals surface area contributed by atoms with E-state index in [1.54, 1.807) is 0 Å². The molecule has 0 aromatic heterocycles. The Morgan fingerprint density at radius 3 is 2.89 bits per heavy atom. The number of hydrogen-bond acceptors (Lipinski definition) is 3. The first-order chi connectivity index (χ1) is 8.92. The van der Waals surface area contributed by atoms with Gasteiger partial charge in [0.05, 0.1) is 12.3 Å². The van der Waals surface area contributed by atoms with Crippen LogP contribution in [0.4, 0.5) is 0 Å². The molecule has 0 spiro atoms. The molecule has 1 fully saturated rings. The number of benzene rings is 2. The molecule has 3 nitrogen and oxygen atoms in total. The molecular weight excluding hydrogens is 226 g/mol. The SMILES string of the molecule is c1cc2c3c(cccc3c1)C(=NOCC1CO1)C2. The number of ether oxygens (including phenoxy) is 1. The molecule has 1 saturated heterocycles. The van der Waals surface area contributed by atoms with Gasteiger partial charge in [0.2, 0.25) is 0 Å². The van der Waals surface area contributed by atoms with Crippen LogP contribution in [0.25, 0.3) is 10.8 Å². The standard InChI is InChI=1S/C15H13NO2/c1-3-10-4-2-6-13-14(7-11(5-1)15(10)13)16-18-9-12-8-17-12/h1-6,12H,7-9H2. The molecule has 4 rings (SSSR count). The van der Waals surface area contributed by atoms with Crippen LogP contribution in [0.15, 0.2) is 41.6 Å². The second-order valence-corrected chi connectivity index (χ2v) is 4.79. The second-order valence-electron chi connectivity index (χ2n) is 4.79. The highest BCUT2D eigenvalue weighted by Crippen LogP contribution is 2.31. The van der Waals surface area contributed by atoms with E-state index in [1.165, 1.54) is 21.9 Å². The Hall–Kier alpha value is -1.87. The van der Waals surface area contributed by atoms with Crippen molar-refractivity contribution < 1.29 is 9.57 Å². The average Bonchev–Trinajstić information content (AvgIpc) is 3.15. The minimum atomic E-state index is 0.258. The van der Waals surface area contributed by atoms with Gasteiger partial charge in [-0.25, -0.2) is 0 Å². The summed E-state index contributed by atoms with van der Waals surface area (Å²) in [7, 11) is 0. The Bertz CT molecular complexity index is 639. The molecule has 0 bridgehead atoms. The zero-order chi connectivity index (χ0) is 11.9. The van der Waals surface area contributed by atoms with E-state index < -0.39 is 0 Å². The summed E-state index contributed by atoms with van der Waals surface area (Å²) in [4.78, 5) is 5.37. The van der Waals surface area contributed by atoms with Crippen molar-refractivity contribution in [2.24, 2.45) is 5.16 Å². The predicted octanol–water partition coefficient (Wildman–Crippen LogP) is 2.52. The van der Waals surface area contributed by atoms with E-state index in [2.05, 4.69) is 41.6 Å². The highest BCUT2D eigenvalue weighted by molar-refractivity contribution is 6.17. The van der Waals surface area contributed by atoms with E-state index in [1.807, 2.05) is 0 Å². The Kier molecular flexibility index (Phi) is 2.14. The van der Waals surface area contributed by atoms with Crippen LogP contribution in [-0.4, -0.2) is 25.0 Å². The lowest BCUT2D eigenvalue weighted by molar-refractivity contribution is 0.125. The maximum absolute atomic E-state index is 5.37. The summed E-state index contributed by atoms with van der Waals surface area (Å²) in [6.45, 7) is 1.37. The van der Waals surface area contributed by atoms with Crippen molar-refractivity contribution in [1.82, 2.24) is 0 Å². The molecule has 1 heterocycles. The van der Waals surface area contributed by atoms with Gasteiger partial charge in [0, 0.05) is 12.0 Å². The van der Waals surface area contributed by atoms with Gasteiger partial charge in [0.1, 0.15) is 12.7 Å². The Morgan fingerprint density at radius 1 is 1.22 bits per heavy atom. The molecule has 1 atom stereocenters. The number of epoxide rings is 1. The summed E-state index contributed by atoms with van der Waals surface area (Å²) in [5.41, 5.74) is 3.58. The number of nitrogens with zero attached hydrogens (tertiary/aromatic N) is 1. The largest absolute Gasteiger partial charge is 0.393 e. The fourth-order valence-electron chi connectivity index (χ4n) is 2.53. The molecule has 18 heavy (non-hydrogen) atoms. The molecular formula is C15H13NO2. The zero-order valence-electron chi connectivity index (χ0n) is 9.93. The third kappa shape index (κ3) is 1.59. The van der Waals surface area contributed by atoms with Crippen LogP contribution in [0, 0.1) is 0 Å². The monoisotopic (exact) mass is 239 g/mol. The normalized spacial score (nSPS) is 22.7. The molecule has 0 N–H and O–H groups in total. The predicted molar refractivity (Wildman–Crippen MR) is 69.9 cm³/mol. The minimum absolute atomic E-state index is 0.258. The van der Waals surface area contributed by atoms with E-state index in [-0.39, 0.29) is 6.10 Å². The van der Waals surface area contributed by atoms with Crippen LogP contribution in [0.1, 0.15) is 11.1 Å². The number of hydrogen-bond donors (Lipinski definition) is 0. The zero-order valence-corrected chi connectivity index (χ0v) is 9.93. The third-order valence-corrected chi connectivity index (χ3v) is 3.50. The highest BCUT2D eigenvalue weighted by Gasteiger charge is 2.24. The van der Waals surface area contributed by atoms with Crippen LogP contribution in [0.3, 0.4) is 0 Å². The molecule has 2 aromatic rings. The summed E-state index contributed by atoms with van der Waals surface area (Å²) >= 11 is 0. The maximum Gasteiger partial charge on any atom is 0.145 e. The molecule has 0 saturated carbocycles. The first kappa shape index (κ1) is 10.1. The van der Waals surface area contributed by atoms with E-state index in [9.17, 15) is 0 Å². The molecule has 90 valence electrons. The summed E-state index contributed by atoms with van der Waals surface area (Å²) in [5, 5.41) is 6.88. The topological polar surface area (TPSA) is 34.1 Å². The molecule has 2 aromatic carbocycles. The van der Waals surface area contributed by atoms with Crippen LogP contribution in [0.5, 0.6) is 0 Å². The van der Waals surface area contributed by atoms with Gasteiger partial charge in [-0.2, -0.15) is 0 Å². The van der Waals surface area contributed by atoms with Gasteiger partial charge in [0.25, 0.3) is 0 Å². The molecule has 1 aliphatic carbocycles. The average molecular weight is 239 g/mol. The Labute approximate surface area is 105 Å². The van der Waals surface area contributed by atoms with Gasteiger partial charge in [0.15, 0.2) is 0 Å². The lowest BCUT2D eigenvalue weighted by Crippen LogP contribution is -2.02. The summed E-state index contributed by atoms with van der Waals surface area (Å²) in [6.07, 6.45) is 1.12. The second kappa shape index (κ2) is 3.82. The van der Waals surface area contributed by atoms with Gasteiger partial charge >= 0.3 is 0 Å². The van der Waals surface area contributed by atoms with Crippen molar-refractivity contribution in [2.45, 2.75) is 12.5 Å². The highest BCUT2D eigenvalue weighted by atomic mass is 16.7. The summed E-state index contributed by atoms with van der Waals surface area (Å²) in [5.74, 6) is 0. The van der Waals surface area contributed by atoms with Crippen molar-refractivity contribution >= 4 is 16.5 Å². The summed E-state index contributed by atoms with van der Waals surface area (Å²) < 4.78 is 5.10. The molecule has 1 unspecified atom stereocenters. The molecule has 0 radical (unpaired) electrons. The van der Waals surface area contributed by atoms with Gasteiger partial charge in [-0.15, -0.1) is 0 Å². The van der Waals surface area contributed by atoms with Crippen molar-refractivity contribution in [1.29, 1.82) is 0 Å². The minimum Gasteiger partial charge on any atom is -0.393 e. The van der Waals surface area contributed by atoms with Crippen molar-refractivity contribution in [3.63, 3.8) is 0 Å². The van der Waals surface area contributed by atoms with Crippen LogP contribution >= 0.6 is 0 Å². The van der Waals surface area contributed by atoms with Gasteiger partial charge in [-0.05, 0) is 16.3 Å². The first-order valence-electron chi connectivity index (χ1n) is 6.23. The fraction of sp³-hybridized carbons (Fsp3) is 0.267. The van der Waals surface area contributed by atoms with Crippen LogP contribution in [-0.2, 0) is 16.0 Å². The quantitative estimate of drug-likeness (QED) is 0.609. The molecule has 2 aliphatic rings. The van der Waals surface area contributed by atoms with Crippen LogP contribution < -0.4 is 0 Å². The summed E-state index contributed by atoms with van der Waals surface area (Å²) in [6, 6.07) is 12.7. The van der Waals surface area contributed by atoms with Crippen LogP contribution in [0.2, 0.25) is 0 Å². The Morgan fingerprint density at radius 2 is 2.06 bits per heavy atom. The van der Waals surface area contributed by atoms with E-state index in [0.29, 0.717) is 6.61 Å². The van der Waals surface area contributed by atoms with Crippen molar-refractivity contribution in [3.8, 4) is 0 Å². The van der Waals surface area contributed by atoms with E-state index in [4.69, 9.17) is 9.57 Å². The van der Waals surface area contributed by atoms with Gasteiger partial charge in [-0.1, -0.05) is 41.6 Å². The smallest absolute Gasteiger partial charge is 0.145 e. The maximum atomic E-state index is 5.37. The fourth-order valence-corrected chi connectivity index (χ4v) is 2.53. The number of rotatable bonds is 3. The lowest BCUT2D eigenvalue weighted by atomic mass is 10.1. The lowest BCUT2D eigenvalue weighted by Gasteiger charge is -2.01. The molecule has 0 amide bonds. The Balaban J connectivity index is 1.71. The van der Waals surface area contributed by atoms with Gasteiger partial charge < -0.3 is 9.57 Å². The van der Waals surface area contributed by atoms with Crippen molar-refractivity contribution in [3.05, 3.63) is 47.5 Å². The third-order valence-electron chi connectivity index (χ3n) is 3.50. The van der Waals surface area contributed by atoms with Gasteiger partial charge in [-0.3, -0.25) is 0 Å². The number of oxime groups is 1.